The molecule has 1 fully saturated rings. The Morgan fingerprint density at radius 1 is 1.44 bits per heavy atom. The summed E-state index contributed by atoms with van der Waals surface area (Å²) in [6, 6.07) is 5.04. The first-order valence-electron chi connectivity index (χ1n) is 6.62. The molecule has 2 rings (SSSR count). The summed E-state index contributed by atoms with van der Waals surface area (Å²) in [5, 5.41) is 3.49. The maximum absolute atomic E-state index is 5.06. The fraction of sp³-hybridized carbons (Fsp3) is 0.643. The van der Waals surface area contributed by atoms with Crippen LogP contribution in [-0.4, -0.2) is 43.2 Å². The van der Waals surface area contributed by atoms with Gasteiger partial charge >= 0.3 is 0 Å². The van der Waals surface area contributed by atoms with Crippen LogP contribution in [0.25, 0.3) is 0 Å². The molecule has 4 nitrogen and oxygen atoms in total. The minimum absolute atomic E-state index is 0.754. The van der Waals surface area contributed by atoms with Gasteiger partial charge in [-0.1, -0.05) is 6.07 Å². The van der Waals surface area contributed by atoms with E-state index in [-0.39, 0.29) is 0 Å². The first kappa shape index (κ1) is 13.5. The lowest BCUT2D eigenvalue weighted by atomic mass is 10.2. The van der Waals surface area contributed by atoms with Gasteiger partial charge in [0.05, 0.1) is 12.3 Å². The second-order valence-corrected chi connectivity index (χ2v) is 5.04. The van der Waals surface area contributed by atoms with Crippen molar-refractivity contribution in [2.75, 3.05) is 27.3 Å². The van der Waals surface area contributed by atoms with Crippen molar-refractivity contribution >= 4 is 0 Å². The van der Waals surface area contributed by atoms with E-state index in [1.54, 1.807) is 7.11 Å². The highest BCUT2D eigenvalue weighted by atomic mass is 16.5. The number of hydrogen-bond donors (Lipinski definition) is 1. The minimum atomic E-state index is 0.754. The number of nitrogens with zero attached hydrogens (tertiary/aromatic N) is 2. The van der Waals surface area contributed by atoms with Crippen LogP contribution in [0.4, 0.5) is 0 Å². The van der Waals surface area contributed by atoms with E-state index in [1.807, 2.05) is 6.20 Å². The number of ether oxygens (including phenoxy) is 1. The molecule has 0 spiro atoms. The zero-order valence-corrected chi connectivity index (χ0v) is 11.4. The predicted molar refractivity (Wildman–Crippen MR) is 72.3 cm³/mol. The van der Waals surface area contributed by atoms with E-state index in [4.69, 9.17) is 4.74 Å². The highest BCUT2D eigenvalue weighted by Crippen LogP contribution is 2.19. The second kappa shape index (κ2) is 6.83. The Morgan fingerprint density at radius 3 is 2.89 bits per heavy atom. The van der Waals surface area contributed by atoms with E-state index in [0.717, 1.165) is 38.0 Å². The number of aromatic nitrogens is 1. The Labute approximate surface area is 109 Å². The molecule has 1 aromatic heterocycles. The molecule has 0 saturated heterocycles. The van der Waals surface area contributed by atoms with Crippen molar-refractivity contribution in [3.63, 3.8) is 0 Å². The predicted octanol–water partition coefficient (Wildman–Crippen LogP) is 1.41. The lowest BCUT2D eigenvalue weighted by Gasteiger charge is -2.15. The largest absolute Gasteiger partial charge is 0.383 e. The lowest BCUT2D eigenvalue weighted by Crippen LogP contribution is -2.23. The molecule has 1 N–H and O–H groups in total. The fourth-order valence-electron chi connectivity index (χ4n) is 1.81. The molecule has 0 bridgehead atoms. The molecular formula is C14H23N3O. The normalized spacial score (nSPS) is 15.3. The smallest absolute Gasteiger partial charge is 0.0589 e. The van der Waals surface area contributed by atoms with Gasteiger partial charge in [-0.25, -0.2) is 0 Å². The molecule has 0 amide bonds. The zero-order valence-electron chi connectivity index (χ0n) is 11.4. The van der Waals surface area contributed by atoms with Crippen LogP contribution in [-0.2, 0) is 17.8 Å². The number of pyridine rings is 1. The molecule has 100 valence electrons. The number of likely N-dealkylation sites (N-methyl/N-ethyl adjacent to an activating group) is 1. The van der Waals surface area contributed by atoms with Gasteiger partial charge in [0, 0.05) is 39.0 Å². The van der Waals surface area contributed by atoms with Crippen LogP contribution in [0.2, 0.25) is 0 Å². The summed E-state index contributed by atoms with van der Waals surface area (Å²) in [4.78, 5) is 6.72. The SMILES string of the molecule is COCCN(C)Cc1ccc(CNC2CC2)cn1. The highest BCUT2D eigenvalue weighted by Gasteiger charge is 2.19. The molecular weight excluding hydrogens is 226 g/mol. The van der Waals surface area contributed by atoms with E-state index in [1.165, 1.54) is 18.4 Å². The second-order valence-electron chi connectivity index (χ2n) is 5.04. The van der Waals surface area contributed by atoms with Crippen molar-refractivity contribution in [3.05, 3.63) is 29.6 Å². The Bertz CT molecular complexity index is 349. The molecule has 18 heavy (non-hydrogen) atoms. The van der Waals surface area contributed by atoms with Gasteiger partial charge in [-0.05, 0) is 31.5 Å². The van der Waals surface area contributed by atoms with Gasteiger partial charge in [0.1, 0.15) is 0 Å². The molecule has 0 aromatic carbocycles. The van der Waals surface area contributed by atoms with Crippen molar-refractivity contribution < 1.29 is 4.74 Å². The summed E-state index contributed by atoms with van der Waals surface area (Å²) in [7, 11) is 3.82. The number of nitrogens with one attached hydrogen (secondary N) is 1. The van der Waals surface area contributed by atoms with Crippen LogP contribution < -0.4 is 5.32 Å². The number of methoxy groups -OCH3 is 1. The van der Waals surface area contributed by atoms with Gasteiger partial charge in [-0.3, -0.25) is 9.88 Å². The van der Waals surface area contributed by atoms with Crippen molar-refractivity contribution in [3.8, 4) is 0 Å². The van der Waals surface area contributed by atoms with Crippen LogP contribution >= 0.6 is 0 Å². The van der Waals surface area contributed by atoms with Crippen molar-refractivity contribution in [1.29, 1.82) is 0 Å². The fourth-order valence-corrected chi connectivity index (χ4v) is 1.81. The summed E-state index contributed by atoms with van der Waals surface area (Å²) in [5.41, 5.74) is 2.38. The molecule has 1 aliphatic rings. The molecule has 1 saturated carbocycles. The Morgan fingerprint density at radius 2 is 2.28 bits per heavy atom. The van der Waals surface area contributed by atoms with Crippen LogP contribution in [0, 0.1) is 0 Å². The van der Waals surface area contributed by atoms with Gasteiger partial charge < -0.3 is 10.1 Å². The Hall–Kier alpha value is -0.970. The molecule has 1 aliphatic carbocycles. The van der Waals surface area contributed by atoms with Crippen molar-refractivity contribution in [2.45, 2.75) is 32.0 Å². The van der Waals surface area contributed by atoms with Gasteiger partial charge in [0.15, 0.2) is 0 Å². The molecule has 1 aromatic rings. The van der Waals surface area contributed by atoms with Gasteiger partial charge in [-0.2, -0.15) is 0 Å². The molecule has 0 aliphatic heterocycles. The van der Waals surface area contributed by atoms with Gasteiger partial charge in [-0.15, -0.1) is 0 Å². The Balaban J connectivity index is 1.75. The molecule has 0 radical (unpaired) electrons. The monoisotopic (exact) mass is 249 g/mol. The summed E-state index contributed by atoms with van der Waals surface area (Å²) in [5.74, 6) is 0. The summed E-state index contributed by atoms with van der Waals surface area (Å²) in [6.45, 7) is 3.51. The van der Waals surface area contributed by atoms with Gasteiger partial charge in [0.2, 0.25) is 0 Å². The average Bonchev–Trinajstić information content (AvgIpc) is 3.20. The maximum Gasteiger partial charge on any atom is 0.0589 e. The summed E-state index contributed by atoms with van der Waals surface area (Å²) < 4.78 is 5.06. The summed E-state index contributed by atoms with van der Waals surface area (Å²) >= 11 is 0. The number of rotatable bonds is 8. The van der Waals surface area contributed by atoms with Crippen LogP contribution in [0.3, 0.4) is 0 Å². The van der Waals surface area contributed by atoms with E-state index < -0.39 is 0 Å². The topological polar surface area (TPSA) is 37.4 Å². The van der Waals surface area contributed by atoms with Gasteiger partial charge in [0.25, 0.3) is 0 Å². The third kappa shape index (κ3) is 4.72. The van der Waals surface area contributed by atoms with Crippen LogP contribution in [0.5, 0.6) is 0 Å². The number of hydrogen-bond acceptors (Lipinski definition) is 4. The van der Waals surface area contributed by atoms with E-state index >= 15 is 0 Å². The van der Waals surface area contributed by atoms with Crippen molar-refractivity contribution in [1.82, 2.24) is 15.2 Å². The zero-order chi connectivity index (χ0) is 12.8. The van der Waals surface area contributed by atoms with Crippen molar-refractivity contribution in [2.24, 2.45) is 0 Å². The van der Waals surface area contributed by atoms with Crippen LogP contribution in [0.15, 0.2) is 18.3 Å². The minimum Gasteiger partial charge on any atom is -0.383 e. The van der Waals surface area contributed by atoms with Crippen LogP contribution in [0.1, 0.15) is 24.1 Å². The standard InChI is InChI=1S/C14H23N3O/c1-17(7-8-18-2)11-14-4-3-12(10-16-14)9-15-13-5-6-13/h3-4,10,13,15H,5-9,11H2,1-2H3. The molecule has 4 heteroatoms. The van der Waals surface area contributed by atoms with E-state index in [0.29, 0.717) is 0 Å². The first-order valence-corrected chi connectivity index (χ1v) is 6.62. The quantitative estimate of drug-likeness (QED) is 0.756. The third-order valence-corrected chi connectivity index (χ3v) is 3.17. The first-order chi connectivity index (χ1) is 8.78. The highest BCUT2D eigenvalue weighted by molar-refractivity contribution is 5.14. The molecule has 0 unspecified atom stereocenters. The van der Waals surface area contributed by atoms with E-state index in [2.05, 4.69) is 34.4 Å². The molecule has 1 heterocycles. The maximum atomic E-state index is 5.06. The third-order valence-electron chi connectivity index (χ3n) is 3.17. The van der Waals surface area contributed by atoms with E-state index in [9.17, 15) is 0 Å². The Kier molecular flexibility index (Phi) is 5.11. The lowest BCUT2D eigenvalue weighted by molar-refractivity contribution is 0.158. The molecule has 0 atom stereocenters. The average molecular weight is 249 g/mol. The summed E-state index contributed by atoms with van der Waals surface area (Å²) in [6.07, 6.45) is 4.64.